The Balaban J connectivity index is 2.68. The lowest BCUT2D eigenvalue weighted by atomic mass is 10.1. The molecule has 23 heavy (non-hydrogen) atoms. The Morgan fingerprint density at radius 3 is 2.48 bits per heavy atom. The summed E-state index contributed by atoms with van der Waals surface area (Å²) in [5, 5.41) is 5.37. The van der Waals surface area contributed by atoms with Gasteiger partial charge in [-0.25, -0.2) is 0 Å². The number of ether oxygens (including phenoxy) is 3. The number of benzene rings is 1. The summed E-state index contributed by atoms with van der Waals surface area (Å²) < 4.78 is 15.4. The van der Waals surface area contributed by atoms with Crippen molar-refractivity contribution in [3.63, 3.8) is 0 Å². The van der Waals surface area contributed by atoms with Crippen LogP contribution in [0, 0.1) is 0 Å². The Labute approximate surface area is 140 Å². The number of amides is 2. The van der Waals surface area contributed by atoms with Crippen molar-refractivity contribution in [2.24, 2.45) is 0 Å². The van der Waals surface area contributed by atoms with Gasteiger partial charge in [-0.05, 0) is 25.1 Å². The van der Waals surface area contributed by atoms with E-state index in [-0.39, 0.29) is 13.2 Å². The maximum atomic E-state index is 12.0. The van der Waals surface area contributed by atoms with E-state index in [1.165, 1.54) is 27.4 Å². The second kappa shape index (κ2) is 8.71. The van der Waals surface area contributed by atoms with Crippen molar-refractivity contribution >= 4 is 29.1 Å². The summed E-state index contributed by atoms with van der Waals surface area (Å²) in [6, 6.07) is 4.71. The Bertz CT molecular complexity index is 567. The zero-order valence-electron chi connectivity index (χ0n) is 13.6. The van der Waals surface area contributed by atoms with Gasteiger partial charge in [0.1, 0.15) is 11.4 Å². The highest BCUT2D eigenvalue weighted by atomic mass is 35.5. The zero-order chi connectivity index (χ0) is 17.5. The summed E-state index contributed by atoms with van der Waals surface area (Å²) in [7, 11) is 4.48. The first kappa shape index (κ1) is 19.2. The van der Waals surface area contributed by atoms with Gasteiger partial charge >= 0.3 is 11.8 Å². The van der Waals surface area contributed by atoms with E-state index in [1.54, 1.807) is 19.1 Å². The van der Waals surface area contributed by atoms with Crippen molar-refractivity contribution in [3.8, 4) is 5.75 Å². The Morgan fingerprint density at radius 1 is 1.22 bits per heavy atom. The number of nitrogens with one attached hydrogen (secondary N) is 2. The molecule has 1 aromatic carbocycles. The molecule has 0 spiro atoms. The molecule has 0 heterocycles. The van der Waals surface area contributed by atoms with Crippen molar-refractivity contribution in [2.45, 2.75) is 12.5 Å². The predicted molar refractivity (Wildman–Crippen MR) is 86.9 cm³/mol. The van der Waals surface area contributed by atoms with Crippen molar-refractivity contribution in [2.75, 3.05) is 39.8 Å². The Morgan fingerprint density at radius 2 is 1.91 bits per heavy atom. The minimum atomic E-state index is -0.832. The van der Waals surface area contributed by atoms with Gasteiger partial charge in [-0.3, -0.25) is 9.59 Å². The number of carbonyl (C=O) groups excluding carboxylic acids is 2. The fourth-order valence-electron chi connectivity index (χ4n) is 1.79. The Kier molecular flexibility index (Phi) is 7.28. The second-order valence-electron chi connectivity index (χ2n) is 5.07. The van der Waals surface area contributed by atoms with E-state index in [0.717, 1.165) is 0 Å². The van der Waals surface area contributed by atoms with Crippen LogP contribution in [0.15, 0.2) is 18.2 Å². The Hall–Kier alpha value is -1.83. The summed E-state index contributed by atoms with van der Waals surface area (Å²) >= 11 is 5.87. The monoisotopic (exact) mass is 344 g/mol. The molecule has 0 unspecified atom stereocenters. The molecule has 1 atom stereocenters. The van der Waals surface area contributed by atoms with Crippen LogP contribution in [0.3, 0.4) is 0 Å². The number of hydrogen-bond donors (Lipinski definition) is 2. The van der Waals surface area contributed by atoms with E-state index in [9.17, 15) is 9.59 Å². The maximum absolute atomic E-state index is 12.0. The normalized spacial score (nSPS) is 13.1. The van der Waals surface area contributed by atoms with E-state index in [1.807, 2.05) is 0 Å². The molecule has 128 valence electrons. The van der Waals surface area contributed by atoms with Crippen LogP contribution in [-0.4, -0.2) is 51.9 Å². The lowest BCUT2D eigenvalue weighted by Crippen LogP contribution is -2.48. The van der Waals surface area contributed by atoms with Crippen LogP contribution < -0.4 is 15.4 Å². The predicted octanol–water partition coefficient (Wildman–Crippen LogP) is 1.45. The van der Waals surface area contributed by atoms with Crippen LogP contribution >= 0.6 is 11.6 Å². The summed E-state index contributed by atoms with van der Waals surface area (Å²) in [4.78, 5) is 23.9. The van der Waals surface area contributed by atoms with Crippen LogP contribution in [0.25, 0.3) is 0 Å². The highest BCUT2D eigenvalue weighted by Crippen LogP contribution is 2.27. The molecule has 2 amide bonds. The molecule has 1 aromatic rings. The molecule has 1 rings (SSSR count). The third-order valence-corrected chi connectivity index (χ3v) is 3.42. The van der Waals surface area contributed by atoms with Crippen LogP contribution in [0.2, 0.25) is 5.02 Å². The molecule has 0 saturated carbocycles. The lowest BCUT2D eigenvalue weighted by molar-refractivity contribution is -0.137. The van der Waals surface area contributed by atoms with E-state index < -0.39 is 17.4 Å². The average Bonchev–Trinajstić information content (AvgIpc) is 2.53. The molecule has 0 radical (unpaired) electrons. The van der Waals surface area contributed by atoms with Crippen molar-refractivity contribution < 1.29 is 23.8 Å². The maximum Gasteiger partial charge on any atom is 0.313 e. The van der Waals surface area contributed by atoms with Gasteiger partial charge < -0.3 is 24.8 Å². The first-order valence-electron chi connectivity index (χ1n) is 6.82. The fraction of sp³-hybridized carbons (Fsp3) is 0.467. The minimum absolute atomic E-state index is 0.121. The molecular weight excluding hydrogens is 324 g/mol. The van der Waals surface area contributed by atoms with Gasteiger partial charge in [0.2, 0.25) is 0 Å². The number of hydrogen-bond acceptors (Lipinski definition) is 5. The molecule has 0 saturated heterocycles. The number of rotatable bonds is 7. The highest BCUT2D eigenvalue weighted by Gasteiger charge is 2.26. The van der Waals surface area contributed by atoms with Gasteiger partial charge in [0.15, 0.2) is 0 Å². The second-order valence-corrected chi connectivity index (χ2v) is 5.50. The van der Waals surface area contributed by atoms with E-state index in [0.29, 0.717) is 16.5 Å². The third-order valence-electron chi connectivity index (χ3n) is 3.18. The molecule has 0 aliphatic carbocycles. The fourth-order valence-corrected chi connectivity index (χ4v) is 1.96. The minimum Gasteiger partial charge on any atom is -0.495 e. The quantitative estimate of drug-likeness (QED) is 0.731. The van der Waals surface area contributed by atoms with E-state index >= 15 is 0 Å². The first-order chi connectivity index (χ1) is 10.8. The molecule has 2 N–H and O–H groups in total. The number of anilines is 1. The summed E-state index contributed by atoms with van der Waals surface area (Å²) in [6.07, 6.45) is 0. The molecule has 0 fully saturated rings. The van der Waals surface area contributed by atoms with Crippen molar-refractivity contribution in [3.05, 3.63) is 23.2 Å². The third kappa shape index (κ3) is 5.70. The van der Waals surface area contributed by atoms with Gasteiger partial charge in [0.25, 0.3) is 0 Å². The number of carbonyl (C=O) groups is 2. The molecule has 0 aromatic heterocycles. The summed E-state index contributed by atoms with van der Waals surface area (Å²) in [5.74, 6) is -1.23. The van der Waals surface area contributed by atoms with Gasteiger partial charge in [0.05, 0.1) is 19.4 Å². The van der Waals surface area contributed by atoms with Gasteiger partial charge in [0, 0.05) is 25.8 Å². The first-order valence-corrected chi connectivity index (χ1v) is 7.20. The molecule has 0 aliphatic heterocycles. The van der Waals surface area contributed by atoms with Crippen molar-refractivity contribution in [1.29, 1.82) is 0 Å². The van der Waals surface area contributed by atoms with Gasteiger partial charge in [-0.2, -0.15) is 0 Å². The molecular formula is C15H21ClN2O5. The number of halogens is 1. The van der Waals surface area contributed by atoms with Crippen LogP contribution in [0.1, 0.15) is 6.92 Å². The standard InChI is InChI=1S/C15H21ClN2O5/c1-15(23-4,9-21-2)8-17-13(19)14(20)18-11-7-10(16)5-6-12(11)22-3/h5-7H,8-9H2,1-4H3,(H,17,19)(H,18,20)/t15-/m1/s1. The SMILES string of the molecule is COC[C@@](C)(CNC(=O)C(=O)Nc1cc(Cl)ccc1OC)OC. The topological polar surface area (TPSA) is 85.9 Å². The number of methoxy groups -OCH3 is 3. The van der Waals surface area contributed by atoms with Gasteiger partial charge in [-0.15, -0.1) is 0 Å². The van der Waals surface area contributed by atoms with Gasteiger partial charge in [-0.1, -0.05) is 11.6 Å². The summed E-state index contributed by atoms with van der Waals surface area (Å²) in [5.41, 5.74) is -0.412. The molecule has 8 heteroatoms. The van der Waals surface area contributed by atoms with E-state index in [2.05, 4.69) is 10.6 Å². The lowest BCUT2D eigenvalue weighted by Gasteiger charge is -2.27. The van der Waals surface area contributed by atoms with E-state index in [4.69, 9.17) is 25.8 Å². The van der Waals surface area contributed by atoms with Crippen LogP contribution in [-0.2, 0) is 19.1 Å². The smallest absolute Gasteiger partial charge is 0.313 e. The average molecular weight is 345 g/mol. The zero-order valence-corrected chi connectivity index (χ0v) is 14.3. The van der Waals surface area contributed by atoms with Crippen LogP contribution in [0.4, 0.5) is 5.69 Å². The largest absolute Gasteiger partial charge is 0.495 e. The van der Waals surface area contributed by atoms with Crippen LogP contribution in [0.5, 0.6) is 5.75 Å². The van der Waals surface area contributed by atoms with Crippen molar-refractivity contribution in [1.82, 2.24) is 5.32 Å². The molecule has 0 bridgehead atoms. The highest BCUT2D eigenvalue weighted by molar-refractivity contribution is 6.40. The molecule has 0 aliphatic rings. The molecule has 7 nitrogen and oxygen atoms in total. The summed E-state index contributed by atoms with van der Waals surface area (Å²) in [6.45, 7) is 2.15.